The number of hydrogen-bond donors (Lipinski definition) is 0. The van der Waals surface area contributed by atoms with Crippen molar-refractivity contribution in [2.45, 2.75) is 37.5 Å². The molecule has 3 aliphatic rings. The summed E-state index contributed by atoms with van der Waals surface area (Å²) in [6, 6.07) is 10.3. The van der Waals surface area contributed by atoms with Crippen molar-refractivity contribution in [3.05, 3.63) is 30.3 Å². The minimum Gasteiger partial charge on any atom is -0.489 e. The summed E-state index contributed by atoms with van der Waals surface area (Å²) in [4.78, 5) is 20.1. The van der Waals surface area contributed by atoms with Crippen molar-refractivity contribution in [3.63, 3.8) is 0 Å². The Balaban J connectivity index is 1.46. The predicted octanol–water partition coefficient (Wildman–Crippen LogP) is 1.46. The van der Waals surface area contributed by atoms with Gasteiger partial charge in [0.05, 0.1) is 6.04 Å². The first-order valence-corrected chi connectivity index (χ1v) is 10.2. The molecule has 0 saturated carbocycles. The lowest BCUT2D eigenvalue weighted by molar-refractivity contribution is -0.139. The zero-order valence-electron chi connectivity index (χ0n) is 16.3. The van der Waals surface area contributed by atoms with Gasteiger partial charge >= 0.3 is 0 Å². The lowest BCUT2D eigenvalue weighted by Crippen LogP contribution is -2.54. The van der Waals surface area contributed by atoms with Gasteiger partial charge in [-0.15, -0.1) is 0 Å². The van der Waals surface area contributed by atoms with Crippen LogP contribution in [0, 0.1) is 0 Å². The van der Waals surface area contributed by atoms with Gasteiger partial charge in [-0.2, -0.15) is 0 Å². The lowest BCUT2D eigenvalue weighted by Gasteiger charge is -2.38. The van der Waals surface area contributed by atoms with Crippen molar-refractivity contribution in [1.82, 2.24) is 14.7 Å². The van der Waals surface area contributed by atoms with Crippen LogP contribution in [-0.2, 0) is 9.53 Å². The topological polar surface area (TPSA) is 45.2 Å². The van der Waals surface area contributed by atoms with E-state index in [1.165, 1.54) is 0 Å². The van der Waals surface area contributed by atoms with Gasteiger partial charge in [-0.25, -0.2) is 0 Å². The maximum atomic E-state index is 13.3. The van der Waals surface area contributed by atoms with Crippen LogP contribution in [0.4, 0.5) is 0 Å². The first-order valence-electron chi connectivity index (χ1n) is 10.2. The van der Waals surface area contributed by atoms with Crippen molar-refractivity contribution in [1.29, 1.82) is 0 Å². The Bertz CT molecular complexity index is 612. The molecule has 6 nitrogen and oxygen atoms in total. The number of hydrogen-bond acceptors (Lipinski definition) is 5. The first-order chi connectivity index (χ1) is 13.2. The number of nitrogens with zero attached hydrogens (tertiary/aromatic N) is 3. The van der Waals surface area contributed by atoms with Gasteiger partial charge in [0.25, 0.3) is 0 Å². The molecular formula is C21H31N3O3. The Kier molecular flexibility index (Phi) is 5.95. The molecular weight excluding hydrogens is 342 g/mol. The Morgan fingerprint density at radius 2 is 1.78 bits per heavy atom. The predicted molar refractivity (Wildman–Crippen MR) is 104 cm³/mol. The van der Waals surface area contributed by atoms with Crippen LogP contribution in [0.3, 0.4) is 0 Å². The van der Waals surface area contributed by atoms with Gasteiger partial charge in [-0.1, -0.05) is 18.2 Å². The summed E-state index contributed by atoms with van der Waals surface area (Å²) in [5, 5.41) is 0. The number of piperazine rings is 1. The highest BCUT2D eigenvalue weighted by molar-refractivity contribution is 5.82. The second kappa shape index (κ2) is 8.59. The number of ether oxygens (including phenoxy) is 2. The van der Waals surface area contributed by atoms with Crippen LogP contribution >= 0.6 is 0 Å². The normalized spacial score (nSPS) is 28.4. The number of benzene rings is 1. The van der Waals surface area contributed by atoms with Crippen LogP contribution in [0.25, 0.3) is 0 Å². The molecule has 3 saturated heterocycles. The number of likely N-dealkylation sites (N-methyl/N-ethyl adjacent to an activating group) is 1. The molecule has 4 rings (SSSR count). The SMILES string of the molecule is CN1CCN(C(=O)[C@@H]2C[C@H](Oc3ccccc3)CN2C2CCOCC2)CC1. The summed E-state index contributed by atoms with van der Waals surface area (Å²) in [6.45, 7) is 5.99. The van der Waals surface area contributed by atoms with E-state index < -0.39 is 0 Å². The molecule has 0 spiro atoms. The molecule has 0 unspecified atom stereocenters. The Morgan fingerprint density at radius 1 is 1.07 bits per heavy atom. The molecule has 6 heteroatoms. The van der Waals surface area contributed by atoms with Gasteiger partial charge in [0, 0.05) is 58.4 Å². The van der Waals surface area contributed by atoms with Gasteiger partial charge in [-0.3, -0.25) is 9.69 Å². The minimum atomic E-state index is -0.0646. The van der Waals surface area contributed by atoms with Crippen molar-refractivity contribution < 1.29 is 14.3 Å². The molecule has 3 heterocycles. The molecule has 1 amide bonds. The lowest BCUT2D eigenvalue weighted by atomic mass is 10.0. The number of para-hydroxylation sites is 1. The monoisotopic (exact) mass is 373 g/mol. The zero-order valence-corrected chi connectivity index (χ0v) is 16.3. The highest BCUT2D eigenvalue weighted by atomic mass is 16.5. The fourth-order valence-electron chi connectivity index (χ4n) is 4.50. The van der Waals surface area contributed by atoms with E-state index in [1.54, 1.807) is 0 Å². The molecule has 27 heavy (non-hydrogen) atoms. The molecule has 3 fully saturated rings. The molecule has 3 aliphatic heterocycles. The molecule has 0 aromatic heterocycles. The third-order valence-electron chi connectivity index (χ3n) is 6.11. The van der Waals surface area contributed by atoms with Crippen LogP contribution in [0.5, 0.6) is 5.75 Å². The summed E-state index contributed by atoms with van der Waals surface area (Å²) in [5.41, 5.74) is 0. The smallest absolute Gasteiger partial charge is 0.240 e. The van der Waals surface area contributed by atoms with Crippen LogP contribution < -0.4 is 4.74 Å². The molecule has 0 radical (unpaired) electrons. The van der Waals surface area contributed by atoms with E-state index in [0.717, 1.165) is 70.9 Å². The Morgan fingerprint density at radius 3 is 2.48 bits per heavy atom. The number of carbonyl (C=O) groups is 1. The number of likely N-dealkylation sites (tertiary alicyclic amines) is 1. The van der Waals surface area contributed by atoms with E-state index in [9.17, 15) is 4.79 Å². The molecule has 1 aromatic carbocycles. The van der Waals surface area contributed by atoms with E-state index in [4.69, 9.17) is 9.47 Å². The van der Waals surface area contributed by atoms with Crippen molar-refractivity contribution >= 4 is 5.91 Å². The second-order valence-corrected chi connectivity index (χ2v) is 7.97. The third-order valence-corrected chi connectivity index (χ3v) is 6.11. The summed E-state index contributed by atoms with van der Waals surface area (Å²) in [5.74, 6) is 1.18. The van der Waals surface area contributed by atoms with E-state index in [-0.39, 0.29) is 18.1 Å². The third kappa shape index (κ3) is 4.45. The highest BCUT2D eigenvalue weighted by Gasteiger charge is 2.43. The number of rotatable bonds is 4. The number of carbonyl (C=O) groups excluding carboxylic acids is 1. The van der Waals surface area contributed by atoms with Gasteiger partial charge in [0.1, 0.15) is 11.9 Å². The van der Waals surface area contributed by atoms with Crippen LogP contribution in [-0.4, -0.2) is 91.8 Å². The first kappa shape index (κ1) is 18.7. The van der Waals surface area contributed by atoms with Crippen LogP contribution in [0.2, 0.25) is 0 Å². The van der Waals surface area contributed by atoms with Gasteiger partial charge in [0.15, 0.2) is 0 Å². The van der Waals surface area contributed by atoms with Gasteiger partial charge in [-0.05, 0) is 32.0 Å². The fourth-order valence-corrected chi connectivity index (χ4v) is 4.50. The summed E-state index contributed by atoms with van der Waals surface area (Å²) in [6.07, 6.45) is 2.85. The van der Waals surface area contributed by atoms with E-state index in [0.29, 0.717) is 6.04 Å². The van der Waals surface area contributed by atoms with Crippen LogP contribution in [0.15, 0.2) is 30.3 Å². The Labute approximate surface area is 162 Å². The largest absolute Gasteiger partial charge is 0.489 e. The van der Waals surface area contributed by atoms with E-state index >= 15 is 0 Å². The highest BCUT2D eigenvalue weighted by Crippen LogP contribution is 2.29. The summed E-state index contributed by atoms with van der Waals surface area (Å²) < 4.78 is 11.8. The average molecular weight is 373 g/mol. The van der Waals surface area contributed by atoms with E-state index in [1.807, 2.05) is 30.3 Å². The minimum absolute atomic E-state index is 0.0646. The fraction of sp³-hybridized carbons (Fsp3) is 0.667. The average Bonchev–Trinajstić information content (AvgIpc) is 3.13. The van der Waals surface area contributed by atoms with Gasteiger partial charge in [0.2, 0.25) is 5.91 Å². The molecule has 2 atom stereocenters. The summed E-state index contributed by atoms with van der Waals surface area (Å²) >= 11 is 0. The maximum absolute atomic E-state index is 13.3. The van der Waals surface area contributed by atoms with E-state index in [2.05, 4.69) is 21.7 Å². The molecule has 0 bridgehead atoms. The Hall–Kier alpha value is -1.63. The number of amides is 1. The van der Waals surface area contributed by atoms with Crippen LogP contribution in [0.1, 0.15) is 19.3 Å². The maximum Gasteiger partial charge on any atom is 0.240 e. The van der Waals surface area contributed by atoms with Gasteiger partial charge < -0.3 is 19.3 Å². The second-order valence-electron chi connectivity index (χ2n) is 7.97. The zero-order chi connectivity index (χ0) is 18.6. The van der Waals surface area contributed by atoms with Crippen molar-refractivity contribution in [2.75, 3.05) is 53.0 Å². The quantitative estimate of drug-likeness (QED) is 0.800. The summed E-state index contributed by atoms with van der Waals surface area (Å²) in [7, 11) is 2.12. The standard InChI is InChI=1S/C21H31N3O3/c1-22-9-11-23(12-10-22)21(25)20-15-19(27-18-5-3-2-4-6-18)16-24(20)17-7-13-26-14-8-17/h2-6,17,19-20H,7-16H2,1H3/t19-,20-/m0/s1. The molecule has 148 valence electrons. The molecule has 0 N–H and O–H groups in total. The molecule has 1 aromatic rings. The molecule has 0 aliphatic carbocycles. The van der Waals surface area contributed by atoms with Crippen molar-refractivity contribution in [2.24, 2.45) is 0 Å². The van der Waals surface area contributed by atoms with Crippen molar-refractivity contribution in [3.8, 4) is 5.75 Å².